The second kappa shape index (κ2) is 8.10. The van der Waals surface area contributed by atoms with Gasteiger partial charge in [0.2, 0.25) is 0 Å². The van der Waals surface area contributed by atoms with Crippen LogP contribution in [0.3, 0.4) is 0 Å². The first-order chi connectivity index (χ1) is 14.1. The molecule has 1 aromatic heterocycles. The number of fused-ring (bicyclic) bond motifs is 1. The van der Waals surface area contributed by atoms with Crippen molar-refractivity contribution in [2.45, 2.75) is 6.10 Å². The third-order valence-electron chi connectivity index (χ3n) is 4.54. The monoisotopic (exact) mass is 392 g/mol. The van der Waals surface area contributed by atoms with Crippen LogP contribution in [0.25, 0.3) is 0 Å². The molecule has 1 N–H and O–H groups in total. The molecule has 7 nitrogen and oxygen atoms in total. The van der Waals surface area contributed by atoms with Gasteiger partial charge >= 0.3 is 0 Å². The number of likely N-dealkylation sites (N-methyl/N-ethyl adjacent to an activating group) is 1. The van der Waals surface area contributed by atoms with E-state index in [-0.39, 0.29) is 17.8 Å². The fourth-order valence-corrected chi connectivity index (χ4v) is 3.12. The van der Waals surface area contributed by atoms with Crippen molar-refractivity contribution in [2.24, 2.45) is 0 Å². The Morgan fingerprint density at radius 2 is 1.79 bits per heavy atom. The molecule has 1 aliphatic rings. The Labute approximate surface area is 167 Å². The number of para-hydroxylation sites is 3. The Hall–Kier alpha value is -3.74. The van der Waals surface area contributed by atoms with Gasteiger partial charge in [-0.25, -0.2) is 0 Å². The van der Waals surface area contributed by atoms with Crippen molar-refractivity contribution in [2.75, 3.05) is 25.5 Å². The number of nitrogens with zero attached hydrogens (tertiary/aromatic N) is 1. The van der Waals surface area contributed by atoms with Gasteiger partial charge in [0.05, 0.1) is 24.1 Å². The number of benzene rings is 2. The Kier molecular flexibility index (Phi) is 5.20. The maximum atomic E-state index is 13.0. The van der Waals surface area contributed by atoms with Gasteiger partial charge in [0.15, 0.2) is 23.4 Å². The fourth-order valence-electron chi connectivity index (χ4n) is 3.12. The van der Waals surface area contributed by atoms with Crippen molar-refractivity contribution in [3.63, 3.8) is 0 Å². The van der Waals surface area contributed by atoms with E-state index in [0.29, 0.717) is 35.9 Å². The second-order valence-electron chi connectivity index (χ2n) is 6.66. The van der Waals surface area contributed by atoms with Gasteiger partial charge in [-0.2, -0.15) is 0 Å². The fraction of sp³-hybridized carbons (Fsp3) is 0.182. The van der Waals surface area contributed by atoms with E-state index in [2.05, 4.69) is 5.32 Å². The second-order valence-corrected chi connectivity index (χ2v) is 6.66. The molecule has 2 aromatic carbocycles. The van der Waals surface area contributed by atoms with Crippen molar-refractivity contribution in [3.8, 4) is 11.5 Å². The first kappa shape index (κ1) is 18.6. The quantitative estimate of drug-likeness (QED) is 0.719. The van der Waals surface area contributed by atoms with Gasteiger partial charge in [-0.3, -0.25) is 9.59 Å². The zero-order chi connectivity index (χ0) is 20.2. The van der Waals surface area contributed by atoms with Crippen LogP contribution >= 0.6 is 0 Å². The number of hydrogen-bond acceptors (Lipinski definition) is 5. The molecule has 0 aliphatic carbocycles. The molecule has 0 radical (unpaired) electrons. The average Bonchev–Trinajstić information content (AvgIpc) is 3.29. The van der Waals surface area contributed by atoms with Crippen LogP contribution in [0.5, 0.6) is 11.5 Å². The summed E-state index contributed by atoms with van der Waals surface area (Å²) in [6.45, 7) is 0.694. The van der Waals surface area contributed by atoms with E-state index >= 15 is 0 Å². The number of nitrogens with one attached hydrogen (secondary N) is 1. The van der Waals surface area contributed by atoms with Gasteiger partial charge in [0.1, 0.15) is 6.61 Å². The predicted octanol–water partition coefficient (Wildman–Crippen LogP) is 3.44. The lowest BCUT2D eigenvalue weighted by Gasteiger charge is -2.29. The van der Waals surface area contributed by atoms with E-state index in [9.17, 15) is 9.59 Å². The maximum absolute atomic E-state index is 13.0. The van der Waals surface area contributed by atoms with Gasteiger partial charge < -0.3 is 24.1 Å². The molecule has 1 aliphatic heterocycles. The molecule has 0 saturated heterocycles. The van der Waals surface area contributed by atoms with E-state index in [0.717, 1.165) is 0 Å². The summed E-state index contributed by atoms with van der Waals surface area (Å²) in [5.41, 5.74) is 0.795. The van der Waals surface area contributed by atoms with Crippen molar-refractivity contribution in [1.82, 2.24) is 4.90 Å². The highest BCUT2D eigenvalue weighted by atomic mass is 16.6. The van der Waals surface area contributed by atoms with Gasteiger partial charge in [-0.15, -0.1) is 0 Å². The molecular weight excluding hydrogens is 372 g/mol. The zero-order valence-electron chi connectivity index (χ0n) is 15.8. The highest BCUT2D eigenvalue weighted by molar-refractivity contribution is 6.07. The molecule has 2 amide bonds. The van der Waals surface area contributed by atoms with Crippen LogP contribution in [0.15, 0.2) is 71.3 Å². The summed E-state index contributed by atoms with van der Waals surface area (Å²) in [5, 5.41) is 2.73. The number of amides is 2. The molecule has 0 saturated carbocycles. The molecule has 148 valence electrons. The Balaban J connectivity index is 1.45. The van der Waals surface area contributed by atoms with Crippen molar-refractivity contribution >= 4 is 17.5 Å². The van der Waals surface area contributed by atoms with E-state index < -0.39 is 5.91 Å². The molecule has 3 aromatic rings. The third kappa shape index (κ3) is 4.08. The first-order valence-electron chi connectivity index (χ1n) is 9.19. The molecule has 1 atom stereocenters. The van der Waals surface area contributed by atoms with Crippen LogP contribution in [0.4, 0.5) is 5.69 Å². The minimum absolute atomic E-state index is 0.173. The standard InChI is InChI=1S/C22H20N2O5/c1-24(13-15-14-28-18-9-4-5-10-19(18)29-15)22(26)16-7-2-3-8-17(16)23-21(25)20-11-6-12-27-20/h2-12,15H,13-14H2,1H3,(H,23,25)/t15-/m1/s1. The highest BCUT2D eigenvalue weighted by Crippen LogP contribution is 2.31. The zero-order valence-corrected chi connectivity index (χ0v) is 15.8. The summed E-state index contributed by atoms with van der Waals surface area (Å²) in [4.78, 5) is 26.9. The summed E-state index contributed by atoms with van der Waals surface area (Å²) < 4.78 is 16.7. The van der Waals surface area contributed by atoms with Gasteiger partial charge in [-0.1, -0.05) is 24.3 Å². The lowest BCUT2D eigenvalue weighted by atomic mass is 10.1. The van der Waals surface area contributed by atoms with Crippen molar-refractivity contribution in [1.29, 1.82) is 0 Å². The summed E-state index contributed by atoms with van der Waals surface area (Å²) in [6, 6.07) is 17.5. The summed E-state index contributed by atoms with van der Waals surface area (Å²) in [7, 11) is 1.69. The summed E-state index contributed by atoms with van der Waals surface area (Å²) >= 11 is 0. The Morgan fingerprint density at radius 1 is 1.03 bits per heavy atom. The Bertz CT molecular complexity index is 1020. The SMILES string of the molecule is CN(C[C@@H]1COc2ccccc2O1)C(=O)c1ccccc1NC(=O)c1ccco1. The lowest BCUT2D eigenvalue weighted by molar-refractivity contribution is 0.0521. The Morgan fingerprint density at radius 3 is 2.59 bits per heavy atom. The van der Waals surface area contributed by atoms with Gasteiger partial charge in [0, 0.05) is 7.05 Å². The molecule has 0 bridgehead atoms. The third-order valence-corrected chi connectivity index (χ3v) is 4.54. The molecule has 0 spiro atoms. The van der Waals surface area contributed by atoms with Crippen LogP contribution in [-0.4, -0.2) is 43.0 Å². The number of ether oxygens (including phenoxy) is 2. The van der Waals surface area contributed by atoms with Crippen LogP contribution in [0, 0.1) is 0 Å². The van der Waals surface area contributed by atoms with Crippen LogP contribution < -0.4 is 14.8 Å². The number of hydrogen-bond donors (Lipinski definition) is 1. The largest absolute Gasteiger partial charge is 0.486 e. The van der Waals surface area contributed by atoms with Crippen LogP contribution in [0.1, 0.15) is 20.9 Å². The number of rotatable bonds is 5. The highest BCUT2D eigenvalue weighted by Gasteiger charge is 2.25. The van der Waals surface area contributed by atoms with E-state index in [1.165, 1.54) is 6.26 Å². The lowest BCUT2D eigenvalue weighted by Crippen LogP contribution is -2.42. The maximum Gasteiger partial charge on any atom is 0.291 e. The van der Waals surface area contributed by atoms with E-state index in [4.69, 9.17) is 13.9 Å². The summed E-state index contributed by atoms with van der Waals surface area (Å²) in [5.74, 6) is 0.882. The molecule has 4 rings (SSSR count). The average molecular weight is 392 g/mol. The first-order valence-corrected chi connectivity index (χ1v) is 9.19. The van der Waals surface area contributed by atoms with Crippen LogP contribution in [-0.2, 0) is 0 Å². The number of carbonyl (C=O) groups excluding carboxylic acids is 2. The predicted molar refractivity (Wildman–Crippen MR) is 106 cm³/mol. The summed E-state index contributed by atoms with van der Waals surface area (Å²) in [6.07, 6.45) is 1.13. The molecule has 29 heavy (non-hydrogen) atoms. The molecule has 2 heterocycles. The van der Waals surface area contributed by atoms with Crippen molar-refractivity contribution < 1.29 is 23.5 Å². The number of anilines is 1. The normalized spacial score (nSPS) is 14.9. The topological polar surface area (TPSA) is 81.0 Å². The molecule has 0 unspecified atom stereocenters. The molecular formula is C22H20N2O5. The van der Waals surface area contributed by atoms with Crippen LogP contribution in [0.2, 0.25) is 0 Å². The van der Waals surface area contributed by atoms with Gasteiger partial charge in [-0.05, 0) is 36.4 Å². The molecule has 0 fully saturated rings. The van der Waals surface area contributed by atoms with E-state index in [1.807, 2.05) is 24.3 Å². The van der Waals surface area contributed by atoms with Gasteiger partial charge in [0.25, 0.3) is 11.8 Å². The minimum atomic E-state index is -0.418. The number of furan rings is 1. The number of carbonyl (C=O) groups is 2. The van der Waals surface area contributed by atoms with Crippen molar-refractivity contribution in [3.05, 3.63) is 78.3 Å². The smallest absolute Gasteiger partial charge is 0.291 e. The van der Waals surface area contributed by atoms with E-state index in [1.54, 1.807) is 48.3 Å². The molecule has 7 heteroatoms. The minimum Gasteiger partial charge on any atom is -0.486 e.